The fraction of sp³-hybridized carbons (Fsp3) is 0.462. The topological polar surface area (TPSA) is 95.6 Å². The van der Waals surface area contributed by atoms with Crippen LogP contribution in [0.3, 0.4) is 0 Å². The fourth-order valence-electron chi connectivity index (χ4n) is 4.75. The Kier molecular flexibility index (Phi) is 8.15. The second kappa shape index (κ2) is 10.7. The largest absolute Gasteiger partial charge is 0.348 e. The first-order valence-electron chi connectivity index (χ1n) is 11.8. The van der Waals surface area contributed by atoms with Crippen molar-refractivity contribution in [2.45, 2.75) is 71.2 Å². The molecule has 1 heterocycles. The van der Waals surface area contributed by atoms with Crippen molar-refractivity contribution in [3.8, 4) is 0 Å². The van der Waals surface area contributed by atoms with E-state index >= 15 is 0 Å². The molecule has 1 aliphatic rings. The number of aryl methyl sites for hydroxylation is 5. The van der Waals surface area contributed by atoms with Crippen LogP contribution in [0.15, 0.2) is 35.2 Å². The predicted molar refractivity (Wildman–Crippen MR) is 134 cm³/mol. The van der Waals surface area contributed by atoms with Crippen molar-refractivity contribution in [2.24, 2.45) is 0 Å². The third kappa shape index (κ3) is 5.85. The first-order valence-corrected chi connectivity index (χ1v) is 13.2. The summed E-state index contributed by atoms with van der Waals surface area (Å²) in [7, 11) is -3.66. The lowest BCUT2D eigenvalue weighted by molar-refractivity contribution is -0.136. The van der Waals surface area contributed by atoms with E-state index in [0.29, 0.717) is 23.5 Å². The smallest absolute Gasteiger partial charge is 0.313 e. The van der Waals surface area contributed by atoms with Crippen molar-refractivity contribution in [3.05, 3.63) is 58.1 Å². The van der Waals surface area contributed by atoms with Crippen LogP contribution in [0.1, 0.15) is 53.5 Å². The number of rotatable bonds is 6. The van der Waals surface area contributed by atoms with E-state index in [1.54, 1.807) is 4.31 Å². The second-order valence-electron chi connectivity index (χ2n) is 9.31. The first-order chi connectivity index (χ1) is 16.0. The highest BCUT2D eigenvalue weighted by Gasteiger charge is 2.35. The molecule has 0 aromatic heterocycles. The van der Waals surface area contributed by atoms with Crippen LogP contribution in [0.25, 0.3) is 0 Å². The normalized spacial score (nSPS) is 16.8. The summed E-state index contributed by atoms with van der Waals surface area (Å²) in [6.07, 6.45) is 2.92. The number of anilines is 1. The van der Waals surface area contributed by atoms with Crippen LogP contribution in [0.4, 0.5) is 5.69 Å². The number of hydrogen-bond donors (Lipinski definition) is 2. The monoisotopic (exact) mass is 485 g/mol. The van der Waals surface area contributed by atoms with Crippen molar-refractivity contribution < 1.29 is 18.0 Å². The average molecular weight is 486 g/mol. The van der Waals surface area contributed by atoms with Gasteiger partial charge in [0.15, 0.2) is 0 Å². The van der Waals surface area contributed by atoms with Crippen molar-refractivity contribution in [1.82, 2.24) is 9.62 Å². The van der Waals surface area contributed by atoms with Gasteiger partial charge in [-0.15, -0.1) is 0 Å². The molecule has 1 fully saturated rings. The third-order valence-corrected chi connectivity index (χ3v) is 8.61. The van der Waals surface area contributed by atoms with Gasteiger partial charge in [-0.1, -0.05) is 36.2 Å². The molecule has 0 saturated carbocycles. The zero-order valence-corrected chi connectivity index (χ0v) is 21.5. The predicted octanol–water partition coefficient (Wildman–Crippen LogP) is 3.92. The highest BCUT2D eigenvalue weighted by Crippen LogP contribution is 2.31. The number of carbonyl (C=O) groups is 2. The lowest BCUT2D eigenvalue weighted by atomic mass is 10.0. The highest BCUT2D eigenvalue weighted by atomic mass is 32.2. The number of piperidine rings is 1. The second-order valence-corrected chi connectivity index (χ2v) is 11.1. The molecule has 2 aromatic carbocycles. The Morgan fingerprint density at radius 2 is 1.59 bits per heavy atom. The van der Waals surface area contributed by atoms with E-state index in [-0.39, 0.29) is 12.6 Å². The number of benzene rings is 2. The van der Waals surface area contributed by atoms with Crippen LogP contribution >= 0.6 is 0 Å². The van der Waals surface area contributed by atoms with Gasteiger partial charge in [0.25, 0.3) is 0 Å². The van der Waals surface area contributed by atoms with E-state index in [1.807, 2.05) is 65.0 Å². The van der Waals surface area contributed by atoms with Gasteiger partial charge in [0, 0.05) is 24.8 Å². The maximum atomic E-state index is 13.6. The molecule has 184 valence electrons. The maximum Gasteiger partial charge on any atom is 0.313 e. The average Bonchev–Trinajstić information content (AvgIpc) is 2.75. The van der Waals surface area contributed by atoms with Gasteiger partial charge in [-0.3, -0.25) is 9.59 Å². The lowest BCUT2D eigenvalue weighted by Gasteiger charge is -2.35. The Hall–Kier alpha value is -2.71. The summed E-state index contributed by atoms with van der Waals surface area (Å²) in [6.45, 7) is 10.1. The number of amides is 2. The molecule has 3 rings (SSSR count). The Morgan fingerprint density at radius 3 is 2.26 bits per heavy atom. The van der Waals surface area contributed by atoms with Crippen LogP contribution in [-0.4, -0.2) is 43.7 Å². The van der Waals surface area contributed by atoms with Gasteiger partial charge in [0.05, 0.1) is 4.90 Å². The maximum absolute atomic E-state index is 13.6. The summed E-state index contributed by atoms with van der Waals surface area (Å²) in [5, 5.41) is 5.31. The fourth-order valence-corrected chi connectivity index (χ4v) is 6.89. The molecule has 1 aliphatic heterocycles. The Labute approximate surface area is 203 Å². The van der Waals surface area contributed by atoms with Gasteiger partial charge < -0.3 is 10.6 Å². The summed E-state index contributed by atoms with van der Waals surface area (Å²) in [4.78, 5) is 25.1. The summed E-state index contributed by atoms with van der Waals surface area (Å²) in [5.41, 5.74) is 4.99. The number of hydrogen-bond acceptors (Lipinski definition) is 4. The molecular formula is C26H35N3O4S. The third-order valence-electron chi connectivity index (χ3n) is 6.36. The Morgan fingerprint density at radius 1 is 0.912 bits per heavy atom. The molecule has 34 heavy (non-hydrogen) atoms. The van der Waals surface area contributed by atoms with E-state index in [2.05, 4.69) is 10.6 Å². The minimum Gasteiger partial charge on any atom is -0.348 e. The number of sulfonamides is 1. The van der Waals surface area contributed by atoms with E-state index < -0.39 is 21.8 Å². The molecule has 0 spiro atoms. The van der Waals surface area contributed by atoms with Crippen LogP contribution in [-0.2, 0) is 19.6 Å². The van der Waals surface area contributed by atoms with E-state index in [1.165, 1.54) is 0 Å². The standard InChI is InChI=1S/C26H35N3O4S/c1-17-9-10-19(3)23(16-17)28-26(31)25(30)27-12-11-22-8-6-7-13-29(22)34(32,33)24-20(4)14-18(2)15-21(24)5/h9-10,14-16,22H,6-8,11-13H2,1-5H3,(H,27,30)(H,28,31)/t22-/m0/s1. The van der Waals surface area contributed by atoms with Crippen LogP contribution < -0.4 is 10.6 Å². The SMILES string of the molecule is Cc1cc(C)c(S(=O)(=O)N2CCCC[C@H]2CCNC(=O)C(=O)Nc2cc(C)ccc2C)c(C)c1. The van der Waals surface area contributed by atoms with Crippen molar-refractivity contribution in [2.75, 3.05) is 18.4 Å². The van der Waals surface area contributed by atoms with E-state index in [9.17, 15) is 18.0 Å². The quantitative estimate of drug-likeness (QED) is 0.607. The Bertz CT molecular complexity index is 1170. The molecule has 0 unspecified atom stereocenters. The molecule has 2 aromatic rings. The van der Waals surface area contributed by atoms with Crippen LogP contribution in [0, 0.1) is 34.6 Å². The molecule has 2 N–H and O–H groups in total. The highest BCUT2D eigenvalue weighted by molar-refractivity contribution is 7.89. The van der Waals surface area contributed by atoms with Gasteiger partial charge in [0.1, 0.15) is 0 Å². The number of nitrogens with one attached hydrogen (secondary N) is 2. The van der Waals surface area contributed by atoms with E-state index in [4.69, 9.17) is 0 Å². The van der Waals surface area contributed by atoms with Crippen molar-refractivity contribution in [3.63, 3.8) is 0 Å². The number of carbonyl (C=O) groups excluding carboxylic acids is 2. The van der Waals surface area contributed by atoms with Crippen molar-refractivity contribution >= 4 is 27.5 Å². The van der Waals surface area contributed by atoms with Crippen LogP contribution in [0.5, 0.6) is 0 Å². The molecule has 7 nitrogen and oxygen atoms in total. The molecule has 0 radical (unpaired) electrons. The minimum absolute atomic E-state index is 0.221. The van der Waals surface area contributed by atoms with Crippen LogP contribution in [0.2, 0.25) is 0 Å². The Balaban J connectivity index is 1.65. The number of nitrogens with zero attached hydrogens (tertiary/aromatic N) is 1. The molecule has 8 heteroatoms. The van der Waals surface area contributed by atoms with Gasteiger partial charge in [-0.2, -0.15) is 4.31 Å². The summed E-state index contributed by atoms with van der Waals surface area (Å²) >= 11 is 0. The zero-order valence-electron chi connectivity index (χ0n) is 20.7. The minimum atomic E-state index is -3.66. The molecule has 0 bridgehead atoms. The summed E-state index contributed by atoms with van der Waals surface area (Å²) in [5.74, 6) is -1.45. The molecular weight excluding hydrogens is 450 g/mol. The van der Waals surface area contributed by atoms with Gasteiger partial charge in [0.2, 0.25) is 10.0 Å². The van der Waals surface area contributed by atoms with Gasteiger partial charge in [-0.25, -0.2) is 8.42 Å². The summed E-state index contributed by atoms with van der Waals surface area (Å²) < 4.78 is 28.8. The lowest BCUT2D eigenvalue weighted by Crippen LogP contribution is -2.46. The molecule has 1 saturated heterocycles. The molecule has 1 atom stereocenters. The summed E-state index contributed by atoms with van der Waals surface area (Å²) in [6, 6.07) is 9.22. The zero-order chi connectivity index (χ0) is 25.0. The van der Waals surface area contributed by atoms with Gasteiger partial charge >= 0.3 is 11.8 Å². The van der Waals surface area contributed by atoms with Crippen molar-refractivity contribution in [1.29, 1.82) is 0 Å². The molecule has 2 amide bonds. The first kappa shape index (κ1) is 25.9. The molecule has 0 aliphatic carbocycles. The van der Waals surface area contributed by atoms with E-state index in [0.717, 1.165) is 47.1 Å². The van der Waals surface area contributed by atoms with Gasteiger partial charge in [-0.05, 0) is 82.2 Å².